The summed E-state index contributed by atoms with van der Waals surface area (Å²) in [6.45, 7) is 4.38. The molecule has 5 nitrogen and oxygen atoms in total. The van der Waals surface area contributed by atoms with Crippen molar-refractivity contribution < 1.29 is 9.59 Å². The van der Waals surface area contributed by atoms with Crippen molar-refractivity contribution in [1.29, 1.82) is 0 Å². The molecule has 1 aliphatic heterocycles. The van der Waals surface area contributed by atoms with Gasteiger partial charge in [0.15, 0.2) is 0 Å². The zero-order valence-corrected chi connectivity index (χ0v) is 24.3. The maximum absolute atomic E-state index is 13.1. The molecule has 4 rings (SSSR count). The van der Waals surface area contributed by atoms with Crippen LogP contribution in [0, 0.1) is 10.5 Å². The van der Waals surface area contributed by atoms with Crippen molar-refractivity contribution in [3.05, 3.63) is 88.8 Å². The van der Waals surface area contributed by atoms with Gasteiger partial charge >= 0.3 is 0 Å². The summed E-state index contributed by atoms with van der Waals surface area (Å²) >= 11 is 15.7. The molecule has 1 aliphatic rings. The largest absolute Gasteiger partial charge is 0.365 e. The minimum atomic E-state index is -0.219. The molecule has 0 aromatic heterocycles. The summed E-state index contributed by atoms with van der Waals surface area (Å²) in [4.78, 5) is 30.0. The molecule has 0 atom stereocenters. The summed E-state index contributed by atoms with van der Waals surface area (Å²) in [7, 11) is 0. The topological polar surface area (TPSA) is 52.7 Å². The Balaban J connectivity index is 1.51. The average molecular weight is 718 g/mol. The molecule has 0 bridgehead atoms. The van der Waals surface area contributed by atoms with E-state index in [4.69, 9.17) is 11.6 Å². The number of piperazine rings is 1. The van der Waals surface area contributed by atoms with E-state index in [1.165, 1.54) is 0 Å². The Morgan fingerprint density at radius 2 is 1.68 bits per heavy atom. The van der Waals surface area contributed by atoms with Crippen molar-refractivity contribution in [2.24, 2.45) is 0 Å². The minimum Gasteiger partial charge on any atom is -0.365 e. The van der Waals surface area contributed by atoms with Crippen molar-refractivity contribution >= 4 is 89.2 Å². The normalized spacial score (nSPS) is 13.7. The van der Waals surface area contributed by atoms with Crippen molar-refractivity contribution in [3.8, 4) is 0 Å². The molecule has 9 heteroatoms. The number of nitrogens with one attached hydrogen (secondary N) is 1. The number of anilines is 2. The fraction of sp³-hybridized carbons (Fsp3) is 0.200. The van der Waals surface area contributed by atoms with Crippen molar-refractivity contribution in [3.63, 3.8) is 0 Å². The van der Waals surface area contributed by atoms with Crippen LogP contribution < -0.4 is 10.2 Å². The molecule has 1 saturated heterocycles. The maximum atomic E-state index is 13.1. The van der Waals surface area contributed by atoms with Crippen LogP contribution in [0.2, 0.25) is 5.02 Å². The summed E-state index contributed by atoms with van der Waals surface area (Å²) in [6.07, 6.45) is 0. The first-order chi connectivity index (χ1) is 16.2. The van der Waals surface area contributed by atoms with Crippen molar-refractivity contribution in [1.82, 2.24) is 4.90 Å². The second-order valence-corrected chi connectivity index (χ2v) is 11.2. The molecule has 0 unspecified atom stereocenters. The van der Waals surface area contributed by atoms with Gasteiger partial charge in [0.1, 0.15) is 0 Å². The monoisotopic (exact) mass is 715 g/mol. The Bertz CT molecular complexity index is 1250. The second kappa shape index (κ2) is 11.0. The zero-order chi connectivity index (χ0) is 24.4. The number of rotatable bonds is 4. The molecule has 0 saturated carbocycles. The van der Waals surface area contributed by atoms with Gasteiger partial charge < -0.3 is 15.1 Å². The van der Waals surface area contributed by atoms with Crippen LogP contribution in [0.5, 0.6) is 0 Å². The van der Waals surface area contributed by atoms with Crippen molar-refractivity contribution in [2.75, 3.05) is 36.4 Å². The number of carbonyl (C=O) groups excluding carboxylic acids is 2. The van der Waals surface area contributed by atoms with Gasteiger partial charge in [0.05, 0.1) is 22.0 Å². The Morgan fingerprint density at radius 1 is 1.00 bits per heavy atom. The van der Waals surface area contributed by atoms with E-state index < -0.39 is 0 Å². The SMILES string of the molecule is Cc1ccc(C(=O)N2CCN(c3c(Cl)cccc3NC(=O)c3cc(Br)cc(Br)c3I)CC2)cc1. The number of amides is 2. The lowest BCUT2D eigenvalue weighted by Gasteiger charge is -2.37. The summed E-state index contributed by atoms with van der Waals surface area (Å²) in [6, 6.07) is 16.8. The summed E-state index contributed by atoms with van der Waals surface area (Å²) < 4.78 is 2.48. The molecule has 1 N–H and O–H groups in total. The Kier molecular flexibility index (Phi) is 8.22. The number of aryl methyl sites for hydroxylation is 1. The smallest absolute Gasteiger partial charge is 0.256 e. The molecule has 0 aliphatic carbocycles. The van der Waals surface area contributed by atoms with Gasteiger partial charge in [-0.1, -0.05) is 51.3 Å². The molecular weight excluding hydrogens is 696 g/mol. The van der Waals surface area contributed by atoms with Crippen LogP contribution in [-0.2, 0) is 0 Å². The lowest BCUT2D eigenvalue weighted by Crippen LogP contribution is -2.49. The van der Waals surface area contributed by atoms with Crippen LogP contribution in [0.3, 0.4) is 0 Å². The average Bonchev–Trinajstić information content (AvgIpc) is 2.82. The molecule has 2 amide bonds. The number of hydrogen-bond acceptors (Lipinski definition) is 3. The van der Waals surface area contributed by atoms with E-state index >= 15 is 0 Å². The Morgan fingerprint density at radius 3 is 2.35 bits per heavy atom. The number of halogens is 4. The van der Waals surface area contributed by atoms with Gasteiger partial charge in [0.25, 0.3) is 11.8 Å². The van der Waals surface area contributed by atoms with Gasteiger partial charge in [0, 0.05) is 44.3 Å². The van der Waals surface area contributed by atoms with Crippen LogP contribution in [0.4, 0.5) is 11.4 Å². The summed E-state index contributed by atoms with van der Waals surface area (Å²) in [5, 5.41) is 3.59. The molecule has 1 fully saturated rings. The molecule has 0 spiro atoms. The van der Waals surface area contributed by atoms with E-state index in [0.29, 0.717) is 48.0 Å². The van der Waals surface area contributed by atoms with Gasteiger partial charge in [-0.05, 0) is 81.8 Å². The highest BCUT2D eigenvalue weighted by Gasteiger charge is 2.26. The lowest BCUT2D eigenvalue weighted by atomic mass is 10.1. The first-order valence-corrected chi connectivity index (χ1v) is 13.6. The third-order valence-electron chi connectivity index (χ3n) is 5.65. The van der Waals surface area contributed by atoms with Crippen LogP contribution in [0.15, 0.2) is 63.5 Å². The van der Waals surface area contributed by atoms with Gasteiger partial charge in [0.2, 0.25) is 0 Å². The van der Waals surface area contributed by atoms with E-state index in [-0.39, 0.29) is 11.8 Å². The fourth-order valence-corrected chi connectivity index (χ4v) is 5.94. The number of hydrogen-bond donors (Lipinski definition) is 1. The lowest BCUT2D eigenvalue weighted by molar-refractivity contribution is 0.0746. The van der Waals surface area contributed by atoms with Crippen LogP contribution in [0.25, 0.3) is 0 Å². The molecular formula is C25H21Br2ClIN3O2. The maximum Gasteiger partial charge on any atom is 0.256 e. The molecule has 3 aromatic rings. The van der Waals surface area contributed by atoms with E-state index in [2.05, 4.69) is 64.7 Å². The van der Waals surface area contributed by atoms with Crippen molar-refractivity contribution in [2.45, 2.75) is 6.92 Å². The summed E-state index contributed by atoms with van der Waals surface area (Å²) in [5.41, 5.74) is 3.78. The van der Waals surface area contributed by atoms with Gasteiger partial charge in [-0.2, -0.15) is 0 Å². The highest BCUT2D eigenvalue weighted by atomic mass is 127. The molecule has 3 aromatic carbocycles. The predicted octanol–water partition coefficient (Wildman–Crippen LogP) is 6.99. The first kappa shape index (κ1) is 25.5. The van der Waals surface area contributed by atoms with E-state index in [9.17, 15) is 9.59 Å². The van der Waals surface area contributed by atoms with Gasteiger partial charge in [-0.3, -0.25) is 9.59 Å². The highest BCUT2D eigenvalue weighted by molar-refractivity contribution is 14.1. The number of para-hydroxylation sites is 1. The highest BCUT2D eigenvalue weighted by Crippen LogP contribution is 2.36. The number of nitrogens with zero attached hydrogens (tertiary/aromatic N) is 2. The first-order valence-electron chi connectivity index (χ1n) is 10.6. The molecule has 176 valence electrons. The minimum absolute atomic E-state index is 0.0298. The molecule has 0 radical (unpaired) electrons. The Labute approximate surface area is 234 Å². The third kappa shape index (κ3) is 5.61. The number of benzene rings is 3. The van der Waals surface area contributed by atoms with Gasteiger partial charge in [-0.15, -0.1) is 0 Å². The predicted molar refractivity (Wildman–Crippen MR) is 153 cm³/mol. The van der Waals surface area contributed by atoms with E-state index in [1.54, 1.807) is 6.07 Å². The van der Waals surface area contributed by atoms with Crippen LogP contribution >= 0.6 is 66.1 Å². The second-order valence-electron chi connectivity index (χ2n) is 7.98. The van der Waals surface area contributed by atoms with Crippen LogP contribution in [-0.4, -0.2) is 42.9 Å². The Hall–Kier alpha value is -1.62. The third-order valence-corrected chi connectivity index (χ3v) is 8.95. The molecule has 1 heterocycles. The van der Waals surface area contributed by atoms with E-state index in [1.807, 2.05) is 60.4 Å². The number of carbonyl (C=O) groups is 2. The standard InChI is InChI=1S/C25H21Br2ClIN3O2/c1-15-5-7-16(8-6-15)25(34)32-11-9-31(10-12-32)23-20(28)3-2-4-21(23)30-24(33)18-13-17(26)14-19(27)22(18)29/h2-8,13-14H,9-12H2,1H3,(H,30,33). The van der Waals surface area contributed by atoms with Gasteiger partial charge in [-0.25, -0.2) is 0 Å². The molecule has 34 heavy (non-hydrogen) atoms. The van der Waals surface area contributed by atoms with Crippen LogP contribution in [0.1, 0.15) is 26.3 Å². The zero-order valence-electron chi connectivity index (χ0n) is 18.2. The summed E-state index contributed by atoms with van der Waals surface area (Å²) in [5.74, 6) is -0.190. The fourth-order valence-electron chi connectivity index (χ4n) is 3.86. The van der Waals surface area contributed by atoms with E-state index in [0.717, 1.165) is 23.8 Å². The quantitative estimate of drug-likeness (QED) is 0.234.